The van der Waals surface area contributed by atoms with Gasteiger partial charge in [0.15, 0.2) is 25.0 Å². The van der Waals surface area contributed by atoms with Crippen molar-refractivity contribution in [3.05, 3.63) is 0 Å². The predicted octanol–water partition coefficient (Wildman–Crippen LogP) is 3.29. The third-order valence-corrected chi connectivity index (χ3v) is 37.6. The molecule has 1 aliphatic rings. The summed E-state index contributed by atoms with van der Waals surface area (Å²) in [5, 5.41) is 0. The molecule has 5 atom stereocenters. The minimum atomic E-state index is -3.55. The van der Waals surface area contributed by atoms with Gasteiger partial charge in [-0.15, -0.1) is 0 Å². The van der Waals surface area contributed by atoms with E-state index in [-0.39, 0.29) is 0 Å². The summed E-state index contributed by atoms with van der Waals surface area (Å²) >= 11 is 0. The Morgan fingerprint density at radius 3 is 1.41 bits per heavy atom. The molecule has 0 saturated carbocycles. The van der Waals surface area contributed by atoms with Crippen molar-refractivity contribution in [3.63, 3.8) is 0 Å². The molecule has 0 aromatic rings. The minimum absolute atomic E-state index is 0.920. The molecule has 0 radical (unpaired) electrons. The molecular weight excluding hydrogens is 649 g/mol. The molecule has 1 rings (SSSR count). The lowest BCUT2D eigenvalue weighted by Crippen LogP contribution is -2.73. The lowest BCUT2D eigenvalue weighted by Gasteiger charge is -2.49. The zero-order chi connectivity index (χ0) is 29.2. The van der Waals surface area contributed by atoms with Crippen LogP contribution >= 0.6 is 0 Å². The van der Waals surface area contributed by atoms with E-state index in [9.17, 15) is 0 Å². The second kappa shape index (κ2) is 12.9. The van der Waals surface area contributed by atoms with E-state index in [0.717, 1.165) is 0 Å². The summed E-state index contributed by atoms with van der Waals surface area (Å²) < 4.78 is 71.1. The Labute approximate surface area is 238 Å². The van der Waals surface area contributed by atoms with E-state index in [1.807, 2.05) is 39.3 Å². The number of hydrogen-bond acceptors (Lipinski definition) is 11. The molecular formula is C16H52O11Si10. The van der Waals surface area contributed by atoms with Crippen molar-refractivity contribution in [1.29, 1.82) is 0 Å². The first-order valence-electron chi connectivity index (χ1n) is 12.7. The van der Waals surface area contributed by atoms with Crippen molar-refractivity contribution in [2.24, 2.45) is 0 Å². The Morgan fingerprint density at radius 1 is 0.568 bits per heavy atom. The highest BCUT2D eigenvalue weighted by Gasteiger charge is 2.64. The fourth-order valence-corrected chi connectivity index (χ4v) is 39.9. The summed E-state index contributed by atoms with van der Waals surface area (Å²) in [6, 6.07) is 0. The van der Waals surface area contributed by atoms with Crippen LogP contribution in [0.1, 0.15) is 0 Å². The van der Waals surface area contributed by atoms with Gasteiger partial charge >= 0.3 is 44.0 Å². The van der Waals surface area contributed by atoms with Crippen LogP contribution in [0.15, 0.2) is 0 Å². The van der Waals surface area contributed by atoms with Crippen LogP contribution in [0.25, 0.3) is 0 Å². The summed E-state index contributed by atoms with van der Waals surface area (Å²) in [6.45, 7) is 30.3. The molecule has 1 saturated heterocycles. The van der Waals surface area contributed by atoms with Gasteiger partial charge in [-0.05, 0) is 58.9 Å². The Balaban J connectivity index is 3.53. The fraction of sp³-hybridized carbons (Fsp3) is 1.00. The first-order chi connectivity index (χ1) is 16.3. The van der Waals surface area contributed by atoms with Crippen molar-refractivity contribution < 1.29 is 45.6 Å². The molecule has 37 heavy (non-hydrogen) atoms. The van der Waals surface area contributed by atoms with Crippen LogP contribution in [-0.2, 0) is 45.6 Å². The van der Waals surface area contributed by atoms with Crippen LogP contribution in [0.4, 0.5) is 0 Å². The predicted molar refractivity (Wildman–Crippen MR) is 169 cm³/mol. The van der Waals surface area contributed by atoms with Gasteiger partial charge < -0.3 is 45.6 Å². The van der Waals surface area contributed by atoms with Crippen LogP contribution in [0.3, 0.4) is 0 Å². The first-order valence-corrected chi connectivity index (χ1v) is 37.2. The zero-order valence-corrected chi connectivity index (χ0v) is 36.7. The van der Waals surface area contributed by atoms with Crippen molar-refractivity contribution in [2.45, 2.75) is 98.2 Å². The first kappa shape index (κ1) is 36.8. The van der Waals surface area contributed by atoms with E-state index in [4.69, 9.17) is 45.6 Å². The standard InChI is InChI=1S/C16H52O11Si10/c1-17-33(12,21-31(6,7)8)23-37(16)25-34(13,18-28-2)24-35(14,20-29-19-30(3,4)5)26-36(15,27-37)22-32(9,10)11/h28-29H2,1-16H3. The average Bonchev–Trinajstić information content (AvgIpc) is 2.54. The van der Waals surface area contributed by atoms with Crippen molar-refractivity contribution in [3.8, 4) is 0 Å². The highest BCUT2D eigenvalue weighted by Crippen LogP contribution is 2.36. The molecule has 0 aliphatic carbocycles. The van der Waals surface area contributed by atoms with Crippen molar-refractivity contribution >= 4 is 88.7 Å². The van der Waals surface area contributed by atoms with Crippen LogP contribution in [0.2, 0.25) is 98.2 Å². The fourth-order valence-electron chi connectivity index (χ4n) is 3.76. The van der Waals surface area contributed by atoms with Gasteiger partial charge in [0.1, 0.15) is 9.76 Å². The highest BCUT2D eigenvalue weighted by atomic mass is 28.6. The zero-order valence-electron chi connectivity index (χ0n) is 25.9. The Kier molecular flexibility index (Phi) is 12.8. The van der Waals surface area contributed by atoms with Gasteiger partial charge in [0.25, 0.3) is 10.0 Å². The molecule has 1 heterocycles. The molecule has 1 aliphatic heterocycles. The van der Waals surface area contributed by atoms with Crippen LogP contribution in [0.5, 0.6) is 0 Å². The quantitative estimate of drug-likeness (QED) is 0.265. The van der Waals surface area contributed by atoms with Crippen LogP contribution in [0, 0.1) is 0 Å². The third-order valence-electron chi connectivity index (χ3n) is 4.43. The van der Waals surface area contributed by atoms with Gasteiger partial charge in [-0.3, -0.25) is 0 Å². The molecule has 0 N–H and O–H groups in total. The summed E-state index contributed by atoms with van der Waals surface area (Å²) in [4.78, 5) is 0. The van der Waals surface area contributed by atoms with Crippen LogP contribution in [-0.4, -0.2) is 95.9 Å². The molecule has 11 nitrogen and oxygen atoms in total. The van der Waals surface area contributed by atoms with Crippen molar-refractivity contribution in [1.82, 2.24) is 0 Å². The second-order valence-corrected chi connectivity index (χ2v) is 44.1. The molecule has 0 bridgehead atoms. The smallest absolute Gasteiger partial charge is 0.441 e. The van der Waals surface area contributed by atoms with Crippen LogP contribution < -0.4 is 0 Å². The van der Waals surface area contributed by atoms with Gasteiger partial charge in [-0.2, -0.15) is 0 Å². The molecule has 5 unspecified atom stereocenters. The van der Waals surface area contributed by atoms with Gasteiger partial charge in [-0.25, -0.2) is 0 Å². The Morgan fingerprint density at radius 2 is 1.00 bits per heavy atom. The molecule has 1 fully saturated rings. The van der Waals surface area contributed by atoms with Gasteiger partial charge in [-0.1, -0.05) is 6.55 Å². The number of hydrogen-bond donors (Lipinski definition) is 0. The lowest BCUT2D eigenvalue weighted by atomic mass is 11.8. The molecule has 0 amide bonds. The normalized spacial score (nSPS) is 34.7. The monoisotopic (exact) mass is 700 g/mol. The second-order valence-electron chi connectivity index (χ2n) is 12.4. The topological polar surface area (TPSA) is 102 Å². The summed E-state index contributed by atoms with van der Waals surface area (Å²) in [5.74, 6) is 0. The summed E-state index contributed by atoms with van der Waals surface area (Å²) in [5.41, 5.74) is 0. The molecule has 0 spiro atoms. The van der Waals surface area contributed by atoms with Gasteiger partial charge in [0.05, 0.1) is 0 Å². The van der Waals surface area contributed by atoms with E-state index >= 15 is 0 Å². The summed E-state index contributed by atoms with van der Waals surface area (Å²) in [6.07, 6.45) is 0. The summed E-state index contributed by atoms with van der Waals surface area (Å²) in [7, 11) is -23.4. The maximum absolute atomic E-state index is 6.78. The van der Waals surface area contributed by atoms with Crippen molar-refractivity contribution in [2.75, 3.05) is 7.11 Å². The maximum Gasteiger partial charge on any atom is 0.479 e. The van der Waals surface area contributed by atoms with E-state index in [1.54, 1.807) is 7.11 Å². The minimum Gasteiger partial charge on any atom is -0.441 e. The third kappa shape index (κ3) is 14.0. The Hall–Kier alpha value is 1.73. The molecule has 21 heteroatoms. The largest absolute Gasteiger partial charge is 0.479 e. The Bertz CT molecular complexity index is 752. The van der Waals surface area contributed by atoms with E-state index in [1.165, 1.54) is 0 Å². The molecule has 0 aromatic heterocycles. The SMILES string of the molecule is CO[Si](C)(O[Si](C)(C)C)O[Si]1(C)O[Si](C)(O[SiH2]C)O[Si](C)(O[SiH2]O[Si](C)(C)C)O[Si](C)(O[Si](C)(C)C)O1. The average molecular weight is 701 g/mol. The lowest BCUT2D eigenvalue weighted by molar-refractivity contribution is 0.0764. The van der Waals surface area contributed by atoms with Gasteiger partial charge in [0.2, 0.25) is 0 Å². The number of rotatable bonds is 13. The molecule has 0 aromatic carbocycles. The maximum atomic E-state index is 6.78. The van der Waals surface area contributed by atoms with E-state index in [2.05, 4.69) is 58.9 Å². The van der Waals surface area contributed by atoms with Gasteiger partial charge in [0, 0.05) is 39.8 Å². The molecule has 222 valence electrons. The van der Waals surface area contributed by atoms with E-state index < -0.39 is 88.7 Å². The van der Waals surface area contributed by atoms with E-state index in [0.29, 0.717) is 0 Å². The highest BCUT2D eigenvalue weighted by molar-refractivity contribution is 6.94.